The molecule has 0 unspecified atom stereocenters. The number of rotatable bonds is 0. The molecule has 1 heterocycles. The highest BCUT2D eigenvalue weighted by Crippen LogP contribution is 2.27. The van der Waals surface area contributed by atoms with Crippen LogP contribution < -0.4 is 5.32 Å². The van der Waals surface area contributed by atoms with E-state index in [9.17, 15) is 0 Å². The molecule has 0 bridgehead atoms. The number of aryl methyl sites for hydroxylation is 1. The Morgan fingerprint density at radius 2 is 2.00 bits per heavy atom. The molecule has 1 N–H and O–H groups in total. The zero-order valence-corrected chi connectivity index (χ0v) is 8.30. The maximum atomic E-state index is 3.40. The van der Waals surface area contributed by atoms with Crippen LogP contribution in [0.1, 0.15) is 16.7 Å². The standard InChI is InChI=1S/C13H13N/c1-9-12-5-3-2-4-10(12)6-11-7-14-8-13(9)11/h2-6,14H,7-8H2,1H3. The Hall–Kier alpha value is -1.34. The van der Waals surface area contributed by atoms with E-state index < -0.39 is 0 Å². The first kappa shape index (κ1) is 8.01. The van der Waals surface area contributed by atoms with Crippen LogP contribution in [-0.2, 0) is 13.1 Å². The molecule has 70 valence electrons. The molecular formula is C13H13N. The summed E-state index contributed by atoms with van der Waals surface area (Å²) in [4.78, 5) is 0. The molecule has 0 amide bonds. The first-order chi connectivity index (χ1) is 6.86. The minimum absolute atomic E-state index is 1.03. The quantitative estimate of drug-likeness (QED) is 0.662. The van der Waals surface area contributed by atoms with Gasteiger partial charge in [0.25, 0.3) is 0 Å². The highest BCUT2D eigenvalue weighted by atomic mass is 14.9. The van der Waals surface area contributed by atoms with Crippen molar-refractivity contribution in [2.45, 2.75) is 20.0 Å². The van der Waals surface area contributed by atoms with Gasteiger partial charge < -0.3 is 5.32 Å². The summed E-state index contributed by atoms with van der Waals surface area (Å²) in [5, 5.41) is 6.17. The van der Waals surface area contributed by atoms with Crippen molar-refractivity contribution in [3.8, 4) is 0 Å². The van der Waals surface area contributed by atoms with E-state index in [1.807, 2.05) is 0 Å². The van der Waals surface area contributed by atoms with Crippen LogP contribution in [-0.4, -0.2) is 0 Å². The van der Waals surface area contributed by atoms with Gasteiger partial charge in [-0.05, 0) is 40.5 Å². The topological polar surface area (TPSA) is 12.0 Å². The van der Waals surface area contributed by atoms with Crippen LogP contribution in [0.5, 0.6) is 0 Å². The molecule has 0 fully saturated rings. The summed E-state index contributed by atoms with van der Waals surface area (Å²) < 4.78 is 0. The van der Waals surface area contributed by atoms with Crippen molar-refractivity contribution < 1.29 is 0 Å². The molecule has 1 aliphatic rings. The molecule has 0 saturated carbocycles. The van der Waals surface area contributed by atoms with Gasteiger partial charge in [0.05, 0.1) is 0 Å². The van der Waals surface area contributed by atoms with Gasteiger partial charge in [0.1, 0.15) is 0 Å². The second kappa shape index (κ2) is 2.82. The van der Waals surface area contributed by atoms with Crippen molar-refractivity contribution in [3.63, 3.8) is 0 Å². The molecule has 14 heavy (non-hydrogen) atoms. The summed E-state index contributed by atoms with van der Waals surface area (Å²) in [7, 11) is 0. The van der Waals surface area contributed by atoms with Gasteiger partial charge in [0.2, 0.25) is 0 Å². The van der Waals surface area contributed by atoms with Gasteiger partial charge in [0.15, 0.2) is 0 Å². The summed E-state index contributed by atoms with van der Waals surface area (Å²) in [6, 6.07) is 10.9. The third-order valence-electron chi connectivity index (χ3n) is 3.15. The minimum atomic E-state index is 1.03. The van der Waals surface area contributed by atoms with Gasteiger partial charge in [-0.25, -0.2) is 0 Å². The monoisotopic (exact) mass is 183 g/mol. The van der Waals surface area contributed by atoms with E-state index in [2.05, 4.69) is 42.6 Å². The third kappa shape index (κ3) is 0.992. The number of nitrogens with one attached hydrogen (secondary N) is 1. The summed E-state index contributed by atoms with van der Waals surface area (Å²) in [5.74, 6) is 0. The lowest BCUT2D eigenvalue weighted by molar-refractivity contribution is 0.763. The van der Waals surface area contributed by atoms with Crippen molar-refractivity contribution in [1.29, 1.82) is 0 Å². The van der Waals surface area contributed by atoms with E-state index in [1.165, 1.54) is 27.5 Å². The van der Waals surface area contributed by atoms with Crippen LogP contribution in [0.2, 0.25) is 0 Å². The number of benzene rings is 2. The molecule has 0 atom stereocenters. The second-order valence-electron chi connectivity index (χ2n) is 3.96. The van der Waals surface area contributed by atoms with Gasteiger partial charge in [-0.15, -0.1) is 0 Å². The molecule has 0 saturated heterocycles. The lowest BCUT2D eigenvalue weighted by atomic mass is 9.97. The number of hydrogen-bond acceptors (Lipinski definition) is 1. The van der Waals surface area contributed by atoms with Gasteiger partial charge in [-0.3, -0.25) is 0 Å². The van der Waals surface area contributed by atoms with Crippen LogP contribution in [0.15, 0.2) is 30.3 Å². The van der Waals surface area contributed by atoms with Gasteiger partial charge >= 0.3 is 0 Å². The van der Waals surface area contributed by atoms with Gasteiger partial charge in [-0.1, -0.05) is 24.3 Å². The zero-order valence-electron chi connectivity index (χ0n) is 8.30. The molecule has 0 aromatic heterocycles. The fraction of sp³-hybridized carbons (Fsp3) is 0.231. The Kier molecular flexibility index (Phi) is 1.62. The SMILES string of the molecule is Cc1c2c(cc3ccccc13)CNC2. The molecule has 0 aliphatic carbocycles. The van der Waals surface area contributed by atoms with Crippen LogP contribution >= 0.6 is 0 Å². The molecule has 1 nitrogen and oxygen atoms in total. The van der Waals surface area contributed by atoms with E-state index in [0.717, 1.165) is 13.1 Å². The molecular weight excluding hydrogens is 170 g/mol. The Bertz CT molecular complexity index is 500. The summed E-state index contributed by atoms with van der Waals surface area (Å²) in [6.45, 7) is 4.29. The average Bonchev–Trinajstić information content (AvgIpc) is 2.66. The summed E-state index contributed by atoms with van der Waals surface area (Å²) in [6.07, 6.45) is 0. The maximum Gasteiger partial charge on any atom is 0.0214 e. The van der Waals surface area contributed by atoms with Crippen molar-refractivity contribution in [2.24, 2.45) is 0 Å². The highest BCUT2D eigenvalue weighted by Gasteiger charge is 2.14. The van der Waals surface area contributed by atoms with Gasteiger partial charge in [0, 0.05) is 13.1 Å². The zero-order chi connectivity index (χ0) is 9.54. The van der Waals surface area contributed by atoms with E-state index in [4.69, 9.17) is 0 Å². The molecule has 0 radical (unpaired) electrons. The first-order valence-electron chi connectivity index (χ1n) is 5.07. The lowest BCUT2D eigenvalue weighted by Crippen LogP contribution is -2.00. The highest BCUT2D eigenvalue weighted by molar-refractivity contribution is 5.87. The van der Waals surface area contributed by atoms with Crippen molar-refractivity contribution >= 4 is 10.8 Å². The molecule has 2 aromatic rings. The maximum absolute atomic E-state index is 3.40. The molecule has 0 spiro atoms. The lowest BCUT2D eigenvalue weighted by Gasteiger charge is -2.07. The van der Waals surface area contributed by atoms with Crippen LogP contribution in [0.25, 0.3) is 10.8 Å². The predicted octanol–water partition coefficient (Wildman–Crippen LogP) is 2.75. The Labute approximate surface area is 83.8 Å². The number of hydrogen-bond donors (Lipinski definition) is 1. The fourth-order valence-corrected chi connectivity index (χ4v) is 2.37. The first-order valence-corrected chi connectivity index (χ1v) is 5.07. The predicted molar refractivity (Wildman–Crippen MR) is 59.2 cm³/mol. The summed E-state index contributed by atoms with van der Waals surface area (Å²) in [5.41, 5.74) is 4.42. The van der Waals surface area contributed by atoms with Crippen LogP contribution in [0.4, 0.5) is 0 Å². The largest absolute Gasteiger partial charge is 0.309 e. The fourth-order valence-electron chi connectivity index (χ4n) is 2.37. The normalized spacial score (nSPS) is 14.6. The van der Waals surface area contributed by atoms with E-state index in [1.54, 1.807) is 0 Å². The third-order valence-corrected chi connectivity index (χ3v) is 3.15. The molecule has 1 heteroatoms. The van der Waals surface area contributed by atoms with Crippen LogP contribution in [0.3, 0.4) is 0 Å². The Morgan fingerprint density at radius 1 is 1.14 bits per heavy atom. The molecule has 3 rings (SSSR count). The van der Waals surface area contributed by atoms with Crippen molar-refractivity contribution in [3.05, 3.63) is 47.0 Å². The second-order valence-corrected chi connectivity index (χ2v) is 3.96. The summed E-state index contributed by atoms with van der Waals surface area (Å²) >= 11 is 0. The van der Waals surface area contributed by atoms with Crippen LogP contribution in [0, 0.1) is 6.92 Å². The number of fused-ring (bicyclic) bond motifs is 2. The van der Waals surface area contributed by atoms with E-state index in [0.29, 0.717) is 0 Å². The minimum Gasteiger partial charge on any atom is -0.309 e. The average molecular weight is 183 g/mol. The van der Waals surface area contributed by atoms with Gasteiger partial charge in [-0.2, -0.15) is 0 Å². The van der Waals surface area contributed by atoms with Crippen molar-refractivity contribution in [2.75, 3.05) is 0 Å². The van der Waals surface area contributed by atoms with Crippen molar-refractivity contribution in [1.82, 2.24) is 5.32 Å². The van der Waals surface area contributed by atoms with E-state index in [-0.39, 0.29) is 0 Å². The smallest absolute Gasteiger partial charge is 0.0214 e. The molecule has 2 aromatic carbocycles. The Morgan fingerprint density at radius 3 is 2.93 bits per heavy atom. The molecule has 1 aliphatic heterocycles. The van der Waals surface area contributed by atoms with E-state index >= 15 is 0 Å². The Balaban J connectivity index is 2.44.